The molecule has 0 bridgehead atoms. The normalized spacial score (nSPS) is 11.2. The molecule has 0 saturated carbocycles. The first kappa shape index (κ1) is 14.3. The molecule has 0 radical (unpaired) electrons. The van der Waals surface area contributed by atoms with E-state index in [4.69, 9.17) is 0 Å². The van der Waals surface area contributed by atoms with Crippen molar-refractivity contribution in [2.75, 3.05) is 25.5 Å². The van der Waals surface area contributed by atoms with Crippen molar-refractivity contribution in [3.05, 3.63) is 23.9 Å². The van der Waals surface area contributed by atoms with Gasteiger partial charge in [0.05, 0.1) is 0 Å². The van der Waals surface area contributed by atoms with Crippen molar-refractivity contribution in [3.8, 4) is 0 Å². The summed E-state index contributed by atoms with van der Waals surface area (Å²) in [6.07, 6.45) is -3.02. The zero-order chi connectivity index (χ0) is 13.8. The third-order valence-corrected chi connectivity index (χ3v) is 2.30. The Morgan fingerprint density at radius 3 is 2.67 bits per heavy atom. The van der Waals surface area contributed by atoms with Crippen LogP contribution < -0.4 is 5.32 Å². The number of alkyl halides is 3. The zero-order valence-corrected chi connectivity index (χ0v) is 10.1. The standard InChI is InChI=1S/C11H14F3N3O/c1-3-17(7-11(12,13)14)10(18)8-4-5-16-9(6-8)15-2/h4-6H,3,7H2,1-2H3,(H,15,16). The first-order valence-corrected chi connectivity index (χ1v) is 5.37. The lowest BCUT2D eigenvalue weighted by molar-refractivity contribution is -0.140. The van der Waals surface area contributed by atoms with Gasteiger partial charge in [-0.1, -0.05) is 0 Å². The first-order chi connectivity index (χ1) is 8.37. The van der Waals surface area contributed by atoms with Crippen LogP contribution in [0.4, 0.5) is 19.0 Å². The summed E-state index contributed by atoms with van der Waals surface area (Å²) in [7, 11) is 1.61. The highest BCUT2D eigenvalue weighted by molar-refractivity contribution is 5.94. The molecule has 1 rings (SSSR count). The van der Waals surface area contributed by atoms with E-state index < -0.39 is 18.6 Å². The van der Waals surface area contributed by atoms with Crippen LogP contribution in [-0.4, -0.2) is 42.1 Å². The van der Waals surface area contributed by atoms with E-state index in [9.17, 15) is 18.0 Å². The van der Waals surface area contributed by atoms with Gasteiger partial charge in [0.2, 0.25) is 0 Å². The molecule has 1 heterocycles. The van der Waals surface area contributed by atoms with Crippen LogP contribution in [0.2, 0.25) is 0 Å². The van der Waals surface area contributed by atoms with Gasteiger partial charge in [-0.3, -0.25) is 4.79 Å². The summed E-state index contributed by atoms with van der Waals surface area (Å²) in [4.78, 5) is 16.5. The largest absolute Gasteiger partial charge is 0.406 e. The van der Waals surface area contributed by atoms with Crippen molar-refractivity contribution >= 4 is 11.7 Å². The number of nitrogens with one attached hydrogen (secondary N) is 1. The molecule has 0 unspecified atom stereocenters. The maximum Gasteiger partial charge on any atom is 0.406 e. The number of pyridine rings is 1. The van der Waals surface area contributed by atoms with Crippen molar-refractivity contribution in [1.29, 1.82) is 0 Å². The minimum absolute atomic E-state index is 0.00441. The number of rotatable bonds is 4. The van der Waals surface area contributed by atoms with E-state index >= 15 is 0 Å². The minimum atomic E-state index is -4.40. The van der Waals surface area contributed by atoms with Gasteiger partial charge < -0.3 is 10.2 Å². The average molecular weight is 261 g/mol. The Kier molecular flexibility index (Phi) is 4.52. The van der Waals surface area contributed by atoms with E-state index in [0.717, 1.165) is 4.90 Å². The van der Waals surface area contributed by atoms with Gasteiger partial charge in [-0.15, -0.1) is 0 Å². The molecule has 1 aromatic rings. The highest BCUT2D eigenvalue weighted by Gasteiger charge is 2.32. The van der Waals surface area contributed by atoms with Crippen LogP contribution in [0.3, 0.4) is 0 Å². The number of amides is 1. The average Bonchev–Trinajstić information content (AvgIpc) is 2.34. The van der Waals surface area contributed by atoms with Gasteiger partial charge in [0.1, 0.15) is 12.4 Å². The molecular formula is C11H14F3N3O. The lowest BCUT2D eigenvalue weighted by atomic mass is 10.2. The number of anilines is 1. The van der Waals surface area contributed by atoms with Crippen molar-refractivity contribution < 1.29 is 18.0 Å². The molecule has 100 valence electrons. The van der Waals surface area contributed by atoms with Gasteiger partial charge in [-0.05, 0) is 19.1 Å². The third-order valence-electron chi connectivity index (χ3n) is 2.30. The van der Waals surface area contributed by atoms with Gasteiger partial charge in [0.25, 0.3) is 5.91 Å². The molecule has 0 spiro atoms. The highest BCUT2D eigenvalue weighted by atomic mass is 19.4. The van der Waals surface area contributed by atoms with Crippen LogP contribution in [0, 0.1) is 0 Å². The molecule has 18 heavy (non-hydrogen) atoms. The fourth-order valence-electron chi connectivity index (χ4n) is 1.43. The molecule has 1 amide bonds. The summed E-state index contributed by atoms with van der Waals surface area (Å²) >= 11 is 0. The van der Waals surface area contributed by atoms with Crippen LogP contribution in [0.25, 0.3) is 0 Å². The molecule has 0 saturated heterocycles. The summed E-state index contributed by atoms with van der Waals surface area (Å²) < 4.78 is 36.9. The lowest BCUT2D eigenvalue weighted by Crippen LogP contribution is -2.38. The van der Waals surface area contributed by atoms with Crippen LogP contribution in [-0.2, 0) is 0 Å². The number of hydrogen-bond acceptors (Lipinski definition) is 3. The first-order valence-electron chi connectivity index (χ1n) is 5.37. The summed E-state index contributed by atoms with van der Waals surface area (Å²) in [5, 5.41) is 2.72. The fraction of sp³-hybridized carbons (Fsp3) is 0.455. The Morgan fingerprint density at radius 1 is 1.50 bits per heavy atom. The van der Waals surface area contributed by atoms with Gasteiger partial charge >= 0.3 is 6.18 Å². The van der Waals surface area contributed by atoms with E-state index in [0.29, 0.717) is 5.82 Å². The topological polar surface area (TPSA) is 45.2 Å². The van der Waals surface area contributed by atoms with Gasteiger partial charge in [-0.2, -0.15) is 13.2 Å². The molecule has 0 fully saturated rings. The monoisotopic (exact) mass is 261 g/mol. The highest BCUT2D eigenvalue weighted by Crippen LogP contribution is 2.18. The second-order valence-electron chi connectivity index (χ2n) is 3.61. The molecule has 7 heteroatoms. The molecule has 1 aromatic heterocycles. The SMILES string of the molecule is CCN(CC(F)(F)F)C(=O)c1ccnc(NC)c1. The maximum absolute atomic E-state index is 12.3. The molecule has 0 aliphatic carbocycles. The number of halogens is 3. The number of carbonyl (C=O) groups is 1. The molecule has 0 atom stereocenters. The third kappa shape index (κ3) is 3.90. The second-order valence-corrected chi connectivity index (χ2v) is 3.61. The Balaban J connectivity index is 2.89. The van der Waals surface area contributed by atoms with E-state index in [-0.39, 0.29) is 12.1 Å². The van der Waals surface area contributed by atoms with Gasteiger partial charge in [0, 0.05) is 25.4 Å². The fourth-order valence-corrected chi connectivity index (χ4v) is 1.43. The van der Waals surface area contributed by atoms with Crippen LogP contribution in [0.5, 0.6) is 0 Å². The Bertz CT molecular complexity index is 420. The molecular weight excluding hydrogens is 247 g/mol. The number of hydrogen-bond donors (Lipinski definition) is 1. The summed E-state index contributed by atoms with van der Waals surface area (Å²) in [6, 6.07) is 2.81. The predicted molar refractivity (Wildman–Crippen MR) is 61.4 cm³/mol. The molecule has 0 aliphatic rings. The maximum atomic E-state index is 12.3. The summed E-state index contributed by atoms with van der Waals surface area (Å²) in [5.74, 6) is -0.224. The number of carbonyl (C=O) groups excluding carboxylic acids is 1. The van der Waals surface area contributed by atoms with Crippen molar-refractivity contribution in [3.63, 3.8) is 0 Å². The Morgan fingerprint density at radius 2 is 2.17 bits per heavy atom. The van der Waals surface area contributed by atoms with Gasteiger partial charge in [-0.25, -0.2) is 4.98 Å². The quantitative estimate of drug-likeness (QED) is 0.903. The molecule has 4 nitrogen and oxygen atoms in total. The van der Waals surface area contributed by atoms with Crippen molar-refractivity contribution in [2.24, 2.45) is 0 Å². The second kappa shape index (κ2) is 5.70. The van der Waals surface area contributed by atoms with E-state index in [2.05, 4.69) is 10.3 Å². The van der Waals surface area contributed by atoms with Gasteiger partial charge in [0.15, 0.2) is 0 Å². The van der Waals surface area contributed by atoms with E-state index in [1.807, 2.05) is 0 Å². The Hall–Kier alpha value is -1.79. The summed E-state index contributed by atoms with van der Waals surface area (Å²) in [5.41, 5.74) is 0.181. The molecule has 0 aliphatic heterocycles. The van der Waals surface area contributed by atoms with Crippen LogP contribution in [0.1, 0.15) is 17.3 Å². The smallest absolute Gasteiger partial charge is 0.373 e. The number of aromatic nitrogens is 1. The van der Waals surface area contributed by atoms with E-state index in [1.165, 1.54) is 25.3 Å². The Labute approximate surface area is 103 Å². The minimum Gasteiger partial charge on any atom is -0.373 e. The number of nitrogens with zero attached hydrogens (tertiary/aromatic N) is 2. The predicted octanol–water partition coefficient (Wildman–Crippen LogP) is 2.15. The van der Waals surface area contributed by atoms with Crippen LogP contribution >= 0.6 is 0 Å². The lowest BCUT2D eigenvalue weighted by Gasteiger charge is -2.22. The zero-order valence-electron chi connectivity index (χ0n) is 10.1. The summed E-state index contributed by atoms with van der Waals surface area (Å²) in [6.45, 7) is 0.249. The molecule has 0 aromatic carbocycles. The van der Waals surface area contributed by atoms with E-state index in [1.54, 1.807) is 7.05 Å². The van der Waals surface area contributed by atoms with Crippen molar-refractivity contribution in [2.45, 2.75) is 13.1 Å². The van der Waals surface area contributed by atoms with Crippen LogP contribution in [0.15, 0.2) is 18.3 Å². The molecule has 1 N–H and O–H groups in total. The van der Waals surface area contributed by atoms with Crippen molar-refractivity contribution in [1.82, 2.24) is 9.88 Å².